The molecule has 0 bridgehead atoms. The summed E-state index contributed by atoms with van der Waals surface area (Å²) in [5.41, 5.74) is 3.84. The van der Waals surface area contributed by atoms with E-state index in [1.54, 1.807) is 0 Å². The van der Waals surface area contributed by atoms with Crippen LogP contribution in [0.1, 0.15) is 0 Å². The molecular formula is C26H15ClN4O. The first-order valence-corrected chi connectivity index (χ1v) is 10.5. The lowest BCUT2D eigenvalue weighted by Gasteiger charge is -2.06. The summed E-state index contributed by atoms with van der Waals surface area (Å²) in [4.78, 5) is 18.2. The Balaban J connectivity index is 1.50. The van der Waals surface area contributed by atoms with Crippen molar-refractivity contribution in [3.05, 3.63) is 96.3 Å². The third-order valence-electron chi connectivity index (χ3n) is 5.30. The van der Waals surface area contributed by atoms with Gasteiger partial charge in [-0.3, -0.25) is 0 Å². The van der Waals surface area contributed by atoms with Crippen LogP contribution in [0.15, 0.2) is 95.4 Å². The normalized spacial score (nSPS) is 11.3. The van der Waals surface area contributed by atoms with E-state index in [-0.39, 0.29) is 5.28 Å². The van der Waals surface area contributed by atoms with Crippen LogP contribution in [0.5, 0.6) is 0 Å². The number of aromatic nitrogens is 4. The van der Waals surface area contributed by atoms with Crippen LogP contribution >= 0.6 is 11.6 Å². The van der Waals surface area contributed by atoms with Crippen LogP contribution in [0.4, 0.5) is 0 Å². The van der Waals surface area contributed by atoms with E-state index in [4.69, 9.17) is 26.0 Å². The summed E-state index contributed by atoms with van der Waals surface area (Å²) in [6.07, 6.45) is 0. The second-order valence-electron chi connectivity index (χ2n) is 7.35. The van der Waals surface area contributed by atoms with Crippen molar-refractivity contribution in [2.45, 2.75) is 0 Å². The molecule has 6 aromatic rings. The maximum absolute atomic E-state index is 6.31. The van der Waals surface area contributed by atoms with Gasteiger partial charge in [-0.05, 0) is 52.7 Å². The summed E-state index contributed by atoms with van der Waals surface area (Å²) in [7, 11) is 0. The molecule has 0 aliphatic rings. The largest absolute Gasteiger partial charge is 0.436 e. The van der Waals surface area contributed by atoms with Gasteiger partial charge in [0.15, 0.2) is 17.2 Å². The lowest BCUT2D eigenvalue weighted by molar-refractivity contribution is 0.620. The molecule has 0 saturated carbocycles. The van der Waals surface area contributed by atoms with Gasteiger partial charge in [-0.1, -0.05) is 60.7 Å². The first-order valence-electron chi connectivity index (χ1n) is 10.1. The fourth-order valence-electron chi connectivity index (χ4n) is 3.76. The number of rotatable bonds is 3. The highest BCUT2D eigenvalue weighted by atomic mass is 35.5. The fourth-order valence-corrected chi connectivity index (χ4v) is 3.92. The number of para-hydroxylation sites is 1. The lowest BCUT2D eigenvalue weighted by Crippen LogP contribution is -1.97. The van der Waals surface area contributed by atoms with E-state index in [9.17, 15) is 0 Å². The summed E-state index contributed by atoms with van der Waals surface area (Å²) < 4.78 is 5.99. The first kappa shape index (κ1) is 18.7. The molecule has 0 radical (unpaired) electrons. The molecule has 0 saturated heterocycles. The van der Waals surface area contributed by atoms with Gasteiger partial charge in [-0.2, -0.15) is 9.97 Å². The van der Waals surface area contributed by atoms with Gasteiger partial charge in [0.05, 0.1) is 0 Å². The van der Waals surface area contributed by atoms with Gasteiger partial charge < -0.3 is 4.42 Å². The fraction of sp³-hybridized carbons (Fsp3) is 0. The van der Waals surface area contributed by atoms with Crippen molar-refractivity contribution in [1.29, 1.82) is 0 Å². The monoisotopic (exact) mass is 434 g/mol. The molecule has 0 unspecified atom stereocenters. The zero-order valence-electron chi connectivity index (χ0n) is 16.7. The smallest absolute Gasteiger partial charge is 0.227 e. The van der Waals surface area contributed by atoms with Crippen LogP contribution < -0.4 is 0 Å². The minimum atomic E-state index is 0.127. The van der Waals surface area contributed by atoms with E-state index in [0.29, 0.717) is 28.6 Å². The van der Waals surface area contributed by atoms with E-state index in [2.05, 4.69) is 28.2 Å². The van der Waals surface area contributed by atoms with Crippen molar-refractivity contribution >= 4 is 33.5 Å². The molecule has 32 heavy (non-hydrogen) atoms. The van der Waals surface area contributed by atoms with Crippen molar-refractivity contribution in [2.75, 3.05) is 0 Å². The number of nitrogens with zero attached hydrogens (tertiary/aromatic N) is 4. The van der Waals surface area contributed by atoms with Crippen LogP contribution in [0, 0.1) is 0 Å². The standard InChI is InChI=1S/C26H15ClN4O/c27-26-30-23(19-14-13-16-7-4-5-10-18(16)15-19)29-24(31-26)20-11-6-12-21-22(20)28-25(32-21)17-8-2-1-3-9-17/h1-15H. The number of hydrogen-bond acceptors (Lipinski definition) is 5. The maximum Gasteiger partial charge on any atom is 0.227 e. The van der Waals surface area contributed by atoms with Crippen LogP contribution in [0.25, 0.3) is 56.1 Å². The molecule has 0 aliphatic carbocycles. The van der Waals surface area contributed by atoms with E-state index in [1.807, 2.05) is 72.8 Å². The summed E-state index contributed by atoms with van der Waals surface area (Å²) in [6.45, 7) is 0. The van der Waals surface area contributed by atoms with E-state index in [0.717, 1.165) is 27.5 Å². The summed E-state index contributed by atoms with van der Waals surface area (Å²) in [5.74, 6) is 1.50. The Morgan fingerprint density at radius 2 is 1.38 bits per heavy atom. The Morgan fingerprint density at radius 3 is 2.25 bits per heavy atom. The quantitative estimate of drug-likeness (QED) is 0.305. The molecule has 0 N–H and O–H groups in total. The number of hydrogen-bond donors (Lipinski definition) is 0. The maximum atomic E-state index is 6.31. The second-order valence-corrected chi connectivity index (χ2v) is 7.69. The molecule has 0 atom stereocenters. The topological polar surface area (TPSA) is 64.7 Å². The predicted octanol–water partition coefficient (Wildman–Crippen LogP) is 6.82. The van der Waals surface area contributed by atoms with Crippen molar-refractivity contribution in [2.24, 2.45) is 0 Å². The minimum absolute atomic E-state index is 0.127. The highest BCUT2D eigenvalue weighted by molar-refractivity contribution is 6.28. The van der Waals surface area contributed by atoms with E-state index >= 15 is 0 Å². The Morgan fingerprint density at radius 1 is 0.594 bits per heavy atom. The van der Waals surface area contributed by atoms with Crippen LogP contribution in [-0.2, 0) is 0 Å². The highest BCUT2D eigenvalue weighted by Crippen LogP contribution is 2.32. The van der Waals surface area contributed by atoms with Crippen LogP contribution in [0.3, 0.4) is 0 Å². The molecule has 6 heteroatoms. The minimum Gasteiger partial charge on any atom is -0.436 e. The number of oxazole rings is 1. The molecule has 0 aliphatic heterocycles. The zero-order valence-corrected chi connectivity index (χ0v) is 17.5. The SMILES string of the molecule is Clc1nc(-c2ccc3ccccc3c2)nc(-c2cccc3oc(-c4ccccc4)nc23)n1. The van der Waals surface area contributed by atoms with Gasteiger partial charge in [-0.25, -0.2) is 9.97 Å². The molecule has 2 aromatic heterocycles. The molecule has 6 rings (SSSR count). The van der Waals surface area contributed by atoms with Gasteiger partial charge in [0.25, 0.3) is 0 Å². The van der Waals surface area contributed by atoms with Gasteiger partial charge >= 0.3 is 0 Å². The average molecular weight is 435 g/mol. The van der Waals surface area contributed by atoms with Gasteiger partial charge in [0.1, 0.15) is 5.52 Å². The highest BCUT2D eigenvalue weighted by Gasteiger charge is 2.16. The van der Waals surface area contributed by atoms with Crippen molar-refractivity contribution in [3.63, 3.8) is 0 Å². The van der Waals surface area contributed by atoms with Gasteiger partial charge in [-0.15, -0.1) is 0 Å². The van der Waals surface area contributed by atoms with Gasteiger partial charge in [0.2, 0.25) is 11.2 Å². The van der Waals surface area contributed by atoms with Crippen molar-refractivity contribution < 1.29 is 4.42 Å². The zero-order chi connectivity index (χ0) is 21.5. The predicted molar refractivity (Wildman–Crippen MR) is 126 cm³/mol. The van der Waals surface area contributed by atoms with Crippen molar-refractivity contribution in [3.8, 4) is 34.2 Å². The molecule has 0 amide bonds. The summed E-state index contributed by atoms with van der Waals surface area (Å²) >= 11 is 6.31. The Hall–Kier alpha value is -4.09. The second kappa shape index (κ2) is 7.55. The molecule has 5 nitrogen and oxygen atoms in total. The number of fused-ring (bicyclic) bond motifs is 2. The van der Waals surface area contributed by atoms with Crippen LogP contribution in [-0.4, -0.2) is 19.9 Å². The Kier molecular flexibility index (Phi) is 4.40. The number of benzene rings is 4. The number of halogens is 1. The molecule has 2 heterocycles. The molecule has 0 spiro atoms. The summed E-state index contributed by atoms with van der Waals surface area (Å²) in [6, 6.07) is 29.7. The summed E-state index contributed by atoms with van der Waals surface area (Å²) in [5, 5.41) is 2.38. The Bertz CT molecular complexity index is 1590. The molecular weight excluding hydrogens is 420 g/mol. The van der Waals surface area contributed by atoms with E-state index < -0.39 is 0 Å². The van der Waals surface area contributed by atoms with Crippen molar-refractivity contribution in [1.82, 2.24) is 19.9 Å². The Labute approximate surface area is 188 Å². The van der Waals surface area contributed by atoms with Crippen LogP contribution in [0.2, 0.25) is 5.28 Å². The molecule has 4 aromatic carbocycles. The third-order valence-corrected chi connectivity index (χ3v) is 5.47. The lowest BCUT2D eigenvalue weighted by atomic mass is 10.1. The first-order chi connectivity index (χ1) is 15.7. The van der Waals surface area contributed by atoms with Gasteiger partial charge in [0, 0.05) is 16.7 Å². The molecule has 152 valence electrons. The average Bonchev–Trinajstić information content (AvgIpc) is 3.28. The third kappa shape index (κ3) is 3.29. The van der Waals surface area contributed by atoms with E-state index in [1.165, 1.54) is 0 Å². The molecule has 0 fully saturated rings.